The van der Waals surface area contributed by atoms with E-state index in [0.29, 0.717) is 30.0 Å². The monoisotopic (exact) mass is 507 g/mol. The van der Waals surface area contributed by atoms with Gasteiger partial charge in [-0.15, -0.1) is 0 Å². The zero-order valence-electron chi connectivity index (χ0n) is 20.7. The molecule has 35 heavy (non-hydrogen) atoms. The van der Waals surface area contributed by atoms with Crippen LogP contribution < -0.4 is 14.4 Å². The molecular formula is C25H34FN3O5S. The molecule has 0 spiro atoms. The Morgan fingerprint density at radius 1 is 1.11 bits per heavy atom. The van der Waals surface area contributed by atoms with Crippen molar-refractivity contribution in [2.75, 3.05) is 30.8 Å². The van der Waals surface area contributed by atoms with Gasteiger partial charge in [-0.25, -0.2) is 12.8 Å². The molecule has 8 nitrogen and oxygen atoms in total. The highest BCUT2D eigenvalue weighted by atomic mass is 32.2. The predicted octanol–water partition coefficient (Wildman–Crippen LogP) is 3.32. The number of hydrogen-bond acceptors (Lipinski definition) is 5. The number of nitrogens with zero attached hydrogens (tertiary/aromatic N) is 2. The van der Waals surface area contributed by atoms with Gasteiger partial charge in [-0.05, 0) is 49.6 Å². The molecule has 2 rings (SSSR count). The van der Waals surface area contributed by atoms with Crippen LogP contribution in [0.25, 0.3) is 0 Å². The van der Waals surface area contributed by atoms with Crippen LogP contribution in [0.3, 0.4) is 0 Å². The molecule has 10 heteroatoms. The highest BCUT2D eigenvalue weighted by Gasteiger charge is 2.28. The van der Waals surface area contributed by atoms with E-state index in [0.717, 1.165) is 6.26 Å². The average Bonchev–Trinajstić information content (AvgIpc) is 2.82. The lowest BCUT2D eigenvalue weighted by Crippen LogP contribution is -2.49. The van der Waals surface area contributed by atoms with Crippen LogP contribution >= 0.6 is 0 Å². The van der Waals surface area contributed by atoms with Gasteiger partial charge in [-0.1, -0.05) is 25.1 Å². The number of methoxy groups -OCH3 is 1. The van der Waals surface area contributed by atoms with E-state index in [-0.39, 0.29) is 43.6 Å². The van der Waals surface area contributed by atoms with Gasteiger partial charge in [0.25, 0.3) is 0 Å². The summed E-state index contributed by atoms with van der Waals surface area (Å²) in [4.78, 5) is 27.4. The Labute approximate surface area is 207 Å². The number of likely N-dealkylation sites (N-methyl/N-ethyl adjacent to an activating group) is 1. The first-order chi connectivity index (χ1) is 16.6. The maximum atomic E-state index is 13.4. The Morgan fingerprint density at radius 3 is 2.37 bits per heavy atom. The van der Waals surface area contributed by atoms with Gasteiger partial charge in [0.2, 0.25) is 21.8 Å². The van der Waals surface area contributed by atoms with Gasteiger partial charge < -0.3 is 15.0 Å². The summed E-state index contributed by atoms with van der Waals surface area (Å²) < 4.78 is 44.6. The number of hydrogen-bond donors (Lipinski definition) is 1. The van der Waals surface area contributed by atoms with Crippen molar-refractivity contribution in [2.24, 2.45) is 0 Å². The van der Waals surface area contributed by atoms with E-state index >= 15 is 0 Å². The van der Waals surface area contributed by atoms with Crippen LogP contribution in [0.2, 0.25) is 0 Å². The van der Waals surface area contributed by atoms with Gasteiger partial charge in [-0.3, -0.25) is 13.9 Å². The minimum Gasteiger partial charge on any atom is -0.497 e. The Hall–Kier alpha value is -3.14. The van der Waals surface area contributed by atoms with E-state index in [1.807, 2.05) is 6.92 Å². The molecule has 0 saturated heterocycles. The minimum atomic E-state index is -3.60. The molecule has 0 fully saturated rings. The highest BCUT2D eigenvalue weighted by Crippen LogP contribution is 2.24. The van der Waals surface area contributed by atoms with Gasteiger partial charge in [0.15, 0.2) is 0 Å². The summed E-state index contributed by atoms with van der Waals surface area (Å²) in [6.45, 7) is 4.27. The van der Waals surface area contributed by atoms with E-state index in [1.165, 1.54) is 28.4 Å². The predicted molar refractivity (Wildman–Crippen MR) is 134 cm³/mol. The number of anilines is 1. The van der Waals surface area contributed by atoms with Crippen LogP contribution in [0, 0.1) is 5.82 Å². The lowest BCUT2D eigenvalue weighted by atomic mass is 10.1. The summed E-state index contributed by atoms with van der Waals surface area (Å²) in [6.07, 6.45) is 1.79. The third kappa shape index (κ3) is 8.24. The molecule has 0 bridgehead atoms. The van der Waals surface area contributed by atoms with Crippen LogP contribution in [0.15, 0.2) is 48.5 Å². The van der Waals surface area contributed by atoms with E-state index in [2.05, 4.69) is 5.32 Å². The zero-order valence-corrected chi connectivity index (χ0v) is 21.5. The normalized spacial score (nSPS) is 12.0. The number of ether oxygens (including phenoxy) is 1. The maximum Gasteiger partial charge on any atom is 0.242 e. The molecule has 0 aromatic heterocycles. The van der Waals surface area contributed by atoms with Crippen molar-refractivity contribution in [1.29, 1.82) is 0 Å². The number of carbonyl (C=O) groups excluding carboxylic acids is 2. The highest BCUT2D eigenvalue weighted by molar-refractivity contribution is 7.92. The number of nitrogens with one attached hydrogen (secondary N) is 1. The number of halogens is 1. The van der Waals surface area contributed by atoms with Crippen LogP contribution in [0.4, 0.5) is 10.1 Å². The third-order valence-corrected chi connectivity index (χ3v) is 6.69. The standard InChI is InChI=1S/C25H34FN3O5S/c1-5-23(25(31)27-6-2)28(18-19-12-14-20(26)15-13-19)24(30)11-8-16-29(35(4,32)33)21-9-7-10-22(17-21)34-3/h7,9-10,12-15,17,23H,5-6,8,11,16,18H2,1-4H3,(H,27,31). The van der Waals surface area contributed by atoms with E-state index in [4.69, 9.17) is 4.74 Å². The molecule has 1 N–H and O–H groups in total. The summed E-state index contributed by atoms with van der Waals surface area (Å²) in [5, 5.41) is 2.76. The summed E-state index contributed by atoms with van der Waals surface area (Å²) >= 11 is 0. The van der Waals surface area contributed by atoms with Crippen LogP contribution in [0.5, 0.6) is 5.75 Å². The number of benzene rings is 2. The van der Waals surface area contributed by atoms with Crippen molar-refractivity contribution < 1.29 is 27.1 Å². The first-order valence-electron chi connectivity index (χ1n) is 11.5. The molecule has 0 saturated carbocycles. The molecule has 1 atom stereocenters. The van der Waals surface area contributed by atoms with Gasteiger partial charge in [0.05, 0.1) is 19.1 Å². The van der Waals surface area contributed by atoms with E-state index in [9.17, 15) is 22.4 Å². The molecule has 0 aliphatic heterocycles. The molecule has 2 aromatic carbocycles. The maximum absolute atomic E-state index is 13.4. The van der Waals surface area contributed by atoms with E-state index < -0.39 is 16.1 Å². The summed E-state index contributed by atoms with van der Waals surface area (Å²) in [6, 6.07) is 11.8. The number of amides is 2. The van der Waals surface area contributed by atoms with Crippen LogP contribution in [-0.2, 0) is 26.2 Å². The fraction of sp³-hybridized carbons (Fsp3) is 0.440. The quantitative estimate of drug-likeness (QED) is 0.449. The number of sulfonamides is 1. The van der Waals surface area contributed by atoms with E-state index in [1.54, 1.807) is 43.3 Å². The number of rotatable bonds is 13. The fourth-order valence-electron chi connectivity index (χ4n) is 3.77. The fourth-order valence-corrected chi connectivity index (χ4v) is 4.72. The molecule has 0 radical (unpaired) electrons. The van der Waals surface area contributed by atoms with Gasteiger partial charge in [0.1, 0.15) is 17.6 Å². The topological polar surface area (TPSA) is 96.0 Å². The van der Waals surface area contributed by atoms with Gasteiger partial charge in [-0.2, -0.15) is 0 Å². The second-order valence-corrected chi connectivity index (χ2v) is 10.0. The Balaban J connectivity index is 2.20. The Bertz CT molecular complexity index is 1090. The van der Waals surface area contributed by atoms with Crippen molar-refractivity contribution in [3.63, 3.8) is 0 Å². The molecule has 1 unspecified atom stereocenters. The molecular weight excluding hydrogens is 473 g/mol. The lowest BCUT2D eigenvalue weighted by molar-refractivity contribution is -0.141. The summed E-state index contributed by atoms with van der Waals surface area (Å²) in [5.41, 5.74) is 1.13. The largest absolute Gasteiger partial charge is 0.497 e. The third-order valence-electron chi connectivity index (χ3n) is 5.50. The summed E-state index contributed by atoms with van der Waals surface area (Å²) in [7, 11) is -2.11. The second-order valence-electron chi connectivity index (χ2n) is 8.11. The second kappa shape index (κ2) is 13.1. The molecule has 2 amide bonds. The first-order valence-corrected chi connectivity index (χ1v) is 13.4. The number of carbonyl (C=O) groups is 2. The van der Waals surface area contributed by atoms with Gasteiger partial charge >= 0.3 is 0 Å². The zero-order chi connectivity index (χ0) is 26.0. The Kier molecular flexibility index (Phi) is 10.5. The average molecular weight is 508 g/mol. The smallest absolute Gasteiger partial charge is 0.242 e. The molecule has 0 heterocycles. The van der Waals surface area contributed by atoms with Gasteiger partial charge in [0, 0.05) is 32.1 Å². The summed E-state index contributed by atoms with van der Waals surface area (Å²) in [5.74, 6) is -0.419. The molecule has 2 aromatic rings. The first kappa shape index (κ1) is 28.1. The lowest BCUT2D eigenvalue weighted by Gasteiger charge is -2.31. The van der Waals surface area contributed by atoms with Crippen molar-refractivity contribution >= 4 is 27.5 Å². The SMILES string of the molecule is CCNC(=O)C(CC)N(Cc1ccc(F)cc1)C(=O)CCCN(c1cccc(OC)c1)S(C)(=O)=O. The van der Waals surface area contributed by atoms with Crippen molar-refractivity contribution in [3.05, 3.63) is 59.9 Å². The minimum absolute atomic E-state index is 0.0348. The van der Waals surface area contributed by atoms with Crippen molar-refractivity contribution in [1.82, 2.24) is 10.2 Å². The molecule has 0 aliphatic rings. The van der Waals surface area contributed by atoms with Crippen molar-refractivity contribution in [3.8, 4) is 5.75 Å². The molecule has 0 aliphatic carbocycles. The molecule has 192 valence electrons. The Morgan fingerprint density at radius 2 is 1.80 bits per heavy atom. The van der Waals surface area contributed by atoms with Crippen LogP contribution in [-0.4, -0.2) is 57.6 Å². The van der Waals surface area contributed by atoms with Crippen molar-refractivity contribution in [2.45, 2.75) is 45.7 Å². The van der Waals surface area contributed by atoms with Crippen LogP contribution in [0.1, 0.15) is 38.7 Å².